The Kier molecular flexibility index (Phi) is 6.21. The van der Waals surface area contributed by atoms with E-state index in [-0.39, 0.29) is 44.4 Å². The zero-order valence-electron chi connectivity index (χ0n) is 18.5. The number of carbonyl (C=O) groups excluding carboxylic acids is 2. The lowest BCUT2D eigenvalue weighted by Crippen LogP contribution is -2.59. The number of carboxylic acid groups (broad SMARTS) is 1. The molecule has 0 saturated carbocycles. The second-order valence-electron chi connectivity index (χ2n) is 8.79. The normalized spacial score (nSPS) is 21.5. The predicted octanol–water partition coefficient (Wildman–Crippen LogP) is 1.85. The molecule has 34 heavy (non-hydrogen) atoms. The molecule has 2 saturated heterocycles. The molecule has 0 spiro atoms. The number of fused-ring (bicyclic) bond motifs is 3. The van der Waals surface area contributed by atoms with Crippen molar-refractivity contribution < 1.29 is 33.7 Å². The number of alkyl carbamates (subject to hydrolysis) is 1. The van der Waals surface area contributed by atoms with Crippen LogP contribution in [0.25, 0.3) is 11.1 Å². The lowest BCUT2D eigenvalue weighted by atomic mass is 9.98. The molecule has 2 N–H and O–H groups in total. The van der Waals surface area contributed by atoms with Crippen LogP contribution in [0.1, 0.15) is 17.0 Å². The number of carbonyl (C=O) groups is 3. The van der Waals surface area contributed by atoms with E-state index in [4.69, 9.17) is 19.3 Å². The molecule has 178 valence electrons. The minimum absolute atomic E-state index is 0.0424. The molecule has 0 radical (unpaired) electrons. The number of hydrogen-bond acceptors (Lipinski definition) is 6. The Balaban J connectivity index is 1.15. The number of amides is 2. The highest BCUT2D eigenvalue weighted by atomic mass is 16.6. The van der Waals surface area contributed by atoms with Gasteiger partial charge in [0, 0.05) is 19.0 Å². The van der Waals surface area contributed by atoms with Crippen LogP contribution in [0.15, 0.2) is 48.5 Å². The van der Waals surface area contributed by atoms with Gasteiger partial charge < -0.3 is 29.5 Å². The van der Waals surface area contributed by atoms with Gasteiger partial charge in [0.05, 0.1) is 31.3 Å². The highest BCUT2D eigenvalue weighted by Gasteiger charge is 2.42. The van der Waals surface area contributed by atoms with E-state index >= 15 is 0 Å². The number of hydrogen-bond donors (Lipinski definition) is 2. The molecular weight excluding hydrogens is 440 g/mol. The van der Waals surface area contributed by atoms with E-state index in [0.29, 0.717) is 13.1 Å². The van der Waals surface area contributed by atoms with Gasteiger partial charge in [-0.05, 0) is 22.3 Å². The third-order valence-corrected chi connectivity index (χ3v) is 6.65. The Bertz CT molecular complexity index is 1050. The van der Waals surface area contributed by atoms with Crippen molar-refractivity contribution in [3.8, 4) is 11.1 Å². The van der Waals surface area contributed by atoms with Crippen LogP contribution in [0.5, 0.6) is 0 Å². The Morgan fingerprint density at radius 3 is 2.29 bits per heavy atom. The molecule has 2 atom stereocenters. The first kappa shape index (κ1) is 22.4. The predicted molar refractivity (Wildman–Crippen MR) is 120 cm³/mol. The zero-order valence-corrected chi connectivity index (χ0v) is 18.5. The fourth-order valence-electron chi connectivity index (χ4n) is 4.88. The van der Waals surface area contributed by atoms with Crippen molar-refractivity contribution in [1.82, 2.24) is 10.2 Å². The minimum Gasteiger partial charge on any atom is -0.480 e. The molecule has 0 aromatic heterocycles. The van der Waals surface area contributed by atoms with E-state index in [2.05, 4.69) is 29.6 Å². The zero-order chi connectivity index (χ0) is 23.7. The molecule has 2 aromatic rings. The van der Waals surface area contributed by atoms with Gasteiger partial charge in [-0.15, -0.1) is 0 Å². The first-order valence-corrected chi connectivity index (χ1v) is 11.3. The van der Waals surface area contributed by atoms with Gasteiger partial charge in [-0.2, -0.15) is 0 Å². The second-order valence-corrected chi connectivity index (χ2v) is 8.79. The molecule has 9 heteroatoms. The first-order chi connectivity index (χ1) is 16.5. The van der Waals surface area contributed by atoms with Crippen LogP contribution in [-0.4, -0.2) is 79.6 Å². The van der Waals surface area contributed by atoms with Crippen molar-refractivity contribution in [3.63, 3.8) is 0 Å². The van der Waals surface area contributed by atoms with Gasteiger partial charge in [0.15, 0.2) is 0 Å². The molecule has 9 nitrogen and oxygen atoms in total. The topological polar surface area (TPSA) is 114 Å². The van der Waals surface area contributed by atoms with Crippen molar-refractivity contribution in [3.05, 3.63) is 59.7 Å². The molecule has 2 aromatic carbocycles. The first-order valence-electron chi connectivity index (χ1n) is 11.3. The Hall–Kier alpha value is -3.43. The van der Waals surface area contributed by atoms with Crippen molar-refractivity contribution in [2.75, 3.05) is 39.5 Å². The third kappa shape index (κ3) is 4.36. The summed E-state index contributed by atoms with van der Waals surface area (Å²) in [6.07, 6.45) is -0.864. The van der Waals surface area contributed by atoms with Gasteiger partial charge in [0.25, 0.3) is 0 Å². The number of rotatable bonds is 7. The summed E-state index contributed by atoms with van der Waals surface area (Å²) < 4.78 is 16.2. The summed E-state index contributed by atoms with van der Waals surface area (Å²) in [4.78, 5) is 37.6. The molecule has 2 fully saturated rings. The number of benzene rings is 2. The lowest BCUT2D eigenvalue weighted by molar-refractivity contribution is -0.156. The van der Waals surface area contributed by atoms with Crippen LogP contribution in [0, 0.1) is 5.92 Å². The van der Waals surface area contributed by atoms with Crippen LogP contribution in [0.3, 0.4) is 0 Å². The fourth-order valence-corrected chi connectivity index (χ4v) is 4.88. The molecule has 5 rings (SSSR count). The summed E-state index contributed by atoms with van der Waals surface area (Å²) in [5.41, 5.74) is 4.57. The van der Waals surface area contributed by atoms with Gasteiger partial charge in [-0.3, -0.25) is 4.79 Å². The van der Waals surface area contributed by atoms with E-state index < -0.39 is 24.0 Å². The molecule has 2 heterocycles. The van der Waals surface area contributed by atoms with Gasteiger partial charge >= 0.3 is 12.1 Å². The van der Waals surface area contributed by atoms with Gasteiger partial charge in [-0.1, -0.05) is 48.5 Å². The quantitative estimate of drug-likeness (QED) is 0.640. The summed E-state index contributed by atoms with van der Waals surface area (Å²) in [6, 6.07) is 15.8. The summed E-state index contributed by atoms with van der Waals surface area (Å²) >= 11 is 0. The number of nitrogens with zero attached hydrogens (tertiary/aromatic N) is 1. The number of likely N-dealkylation sites (tertiary alicyclic amines) is 1. The van der Waals surface area contributed by atoms with Crippen LogP contribution >= 0.6 is 0 Å². The lowest BCUT2D eigenvalue weighted by Gasteiger charge is -2.40. The van der Waals surface area contributed by atoms with Gasteiger partial charge in [-0.25, -0.2) is 9.59 Å². The molecule has 3 aliphatic rings. The second kappa shape index (κ2) is 9.44. The average molecular weight is 466 g/mol. The maximum absolute atomic E-state index is 12.8. The number of aliphatic carboxylic acids is 1. The SMILES string of the molecule is O=C(O)COC1CN(C(=O)C2COCC2NC(=O)OCC2c3ccccc3-c3ccccc32)C1. The van der Waals surface area contributed by atoms with E-state index in [0.717, 1.165) is 22.3 Å². The minimum atomic E-state index is -1.04. The van der Waals surface area contributed by atoms with Crippen LogP contribution < -0.4 is 5.32 Å². The Labute approximate surface area is 196 Å². The van der Waals surface area contributed by atoms with Crippen molar-refractivity contribution in [1.29, 1.82) is 0 Å². The molecule has 2 unspecified atom stereocenters. The number of carboxylic acids is 1. The summed E-state index contributed by atoms with van der Waals surface area (Å²) in [7, 11) is 0. The number of ether oxygens (including phenoxy) is 3. The van der Waals surface area contributed by atoms with Gasteiger partial charge in [0.2, 0.25) is 5.91 Å². The molecular formula is C25H26N2O7. The number of nitrogens with one attached hydrogen (secondary N) is 1. The standard InChI is InChI=1S/C25H26N2O7/c28-23(29)14-33-15-9-27(10-15)24(30)21-11-32-13-22(21)26-25(31)34-12-20-18-7-3-1-5-16(18)17-6-2-4-8-19(17)20/h1-8,15,20-22H,9-14H2,(H,26,31)(H,28,29). The summed E-state index contributed by atoms with van der Waals surface area (Å²) in [6.45, 7) is 0.921. The molecule has 1 aliphatic carbocycles. The molecule has 2 aliphatic heterocycles. The van der Waals surface area contributed by atoms with E-state index in [1.54, 1.807) is 4.90 Å². The summed E-state index contributed by atoms with van der Waals surface area (Å²) in [5.74, 6) is -1.74. The van der Waals surface area contributed by atoms with Crippen molar-refractivity contribution in [2.24, 2.45) is 5.92 Å². The average Bonchev–Trinajstić information content (AvgIpc) is 3.39. The van der Waals surface area contributed by atoms with E-state index in [1.165, 1.54) is 0 Å². The van der Waals surface area contributed by atoms with E-state index in [1.807, 2.05) is 24.3 Å². The monoisotopic (exact) mass is 466 g/mol. The Morgan fingerprint density at radius 1 is 1.00 bits per heavy atom. The highest BCUT2D eigenvalue weighted by Crippen LogP contribution is 2.44. The summed E-state index contributed by atoms with van der Waals surface area (Å²) in [5, 5.41) is 11.5. The van der Waals surface area contributed by atoms with Crippen molar-refractivity contribution >= 4 is 18.0 Å². The molecule has 2 amide bonds. The maximum Gasteiger partial charge on any atom is 0.407 e. The third-order valence-electron chi connectivity index (χ3n) is 6.65. The Morgan fingerprint density at radius 2 is 1.65 bits per heavy atom. The van der Waals surface area contributed by atoms with Crippen LogP contribution in [-0.2, 0) is 23.8 Å². The smallest absolute Gasteiger partial charge is 0.407 e. The van der Waals surface area contributed by atoms with E-state index in [9.17, 15) is 14.4 Å². The highest BCUT2D eigenvalue weighted by molar-refractivity contribution is 5.82. The van der Waals surface area contributed by atoms with Crippen molar-refractivity contribution in [2.45, 2.75) is 18.1 Å². The largest absolute Gasteiger partial charge is 0.480 e. The fraction of sp³-hybridized carbons (Fsp3) is 0.400. The van der Waals surface area contributed by atoms with Gasteiger partial charge in [0.1, 0.15) is 13.2 Å². The molecule has 0 bridgehead atoms. The van der Waals surface area contributed by atoms with Crippen LogP contribution in [0.2, 0.25) is 0 Å². The van der Waals surface area contributed by atoms with Crippen LogP contribution in [0.4, 0.5) is 4.79 Å². The maximum atomic E-state index is 12.8.